The van der Waals surface area contributed by atoms with Crippen LogP contribution in [0, 0.1) is 17.3 Å². The van der Waals surface area contributed by atoms with E-state index in [0.717, 1.165) is 12.8 Å². The van der Waals surface area contributed by atoms with E-state index in [-0.39, 0.29) is 22.7 Å². The number of carbonyl (C=O) groups is 1. The number of hydrogen-bond donors (Lipinski definition) is 2. The Labute approximate surface area is 102 Å². The number of carboxylic acids is 1. The van der Waals surface area contributed by atoms with Crippen molar-refractivity contribution in [2.75, 3.05) is 0 Å². The highest BCUT2D eigenvalue weighted by Gasteiger charge is 2.46. The van der Waals surface area contributed by atoms with Gasteiger partial charge in [-0.3, -0.25) is 0 Å². The Kier molecular flexibility index (Phi) is 2.80. The second kappa shape index (κ2) is 3.90. The van der Waals surface area contributed by atoms with Crippen molar-refractivity contribution in [1.29, 1.82) is 0 Å². The molecule has 0 aromatic carbocycles. The summed E-state index contributed by atoms with van der Waals surface area (Å²) in [6, 6.07) is 0. The van der Waals surface area contributed by atoms with Gasteiger partial charge in [0.15, 0.2) is 0 Å². The molecule has 94 valence electrons. The van der Waals surface area contributed by atoms with Crippen LogP contribution in [0.2, 0.25) is 0 Å². The Hall–Kier alpha value is -1.25. The zero-order valence-corrected chi connectivity index (χ0v) is 10.5. The lowest BCUT2D eigenvalue weighted by Crippen LogP contribution is -2.39. The van der Waals surface area contributed by atoms with Gasteiger partial charge in [-0.15, -0.1) is 0 Å². The molecular weight excluding hydrogens is 216 g/mol. The molecular formula is C14H20O3. The summed E-state index contributed by atoms with van der Waals surface area (Å²) in [4.78, 5) is 11.1. The average molecular weight is 236 g/mol. The van der Waals surface area contributed by atoms with Gasteiger partial charge in [-0.05, 0) is 36.5 Å². The Bertz CT molecular complexity index is 408. The Morgan fingerprint density at radius 2 is 2.18 bits per heavy atom. The van der Waals surface area contributed by atoms with Crippen LogP contribution in [0.4, 0.5) is 0 Å². The Morgan fingerprint density at radius 1 is 1.53 bits per heavy atom. The van der Waals surface area contributed by atoms with Crippen LogP contribution < -0.4 is 0 Å². The number of carboxylic acid groups (broad SMARTS) is 1. The quantitative estimate of drug-likeness (QED) is 0.687. The normalized spacial score (nSPS) is 37.9. The van der Waals surface area contributed by atoms with Gasteiger partial charge in [-0.1, -0.05) is 26.0 Å². The van der Waals surface area contributed by atoms with Gasteiger partial charge in [0.25, 0.3) is 0 Å². The van der Waals surface area contributed by atoms with Gasteiger partial charge >= 0.3 is 5.97 Å². The third kappa shape index (κ3) is 1.88. The van der Waals surface area contributed by atoms with E-state index < -0.39 is 5.97 Å². The number of aliphatic carboxylic acids is 1. The van der Waals surface area contributed by atoms with Crippen LogP contribution in [0.5, 0.6) is 0 Å². The first kappa shape index (κ1) is 12.2. The molecule has 0 aromatic rings. The first-order valence-corrected chi connectivity index (χ1v) is 6.18. The fourth-order valence-electron chi connectivity index (χ4n) is 3.31. The molecule has 0 bridgehead atoms. The number of rotatable bonds is 1. The van der Waals surface area contributed by atoms with E-state index in [4.69, 9.17) is 5.11 Å². The number of aliphatic hydroxyl groups is 1. The van der Waals surface area contributed by atoms with Crippen molar-refractivity contribution in [3.8, 4) is 0 Å². The monoisotopic (exact) mass is 236 g/mol. The minimum atomic E-state index is -0.980. The molecule has 2 N–H and O–H groups in total. The predicted molar refractivity (Wildman–Crippen MR) is 65.7 cm³/mol. The lowest BCUT2D eigenvalue weighted by molar-refractivity contribution is -0.133. The second-order valence-electron chi connectivity index (χ2n) is 5.83. The highest BCUT2D eigenvalue weighted by molar-refractivity contribution is 5.87. The molecule has 3 atom stereocenters. The zero-order chi connectivity index (χ0) is 12.8. The Balaban J connectivity index is 2.36. The van der Waals surface area contributed by atoms with Crippen LogP contribution in [0.15, 0.2) is 23.5 Å². The SMILES string of the molecule is C=C1C2CC(O)=C(C(=O)O)C[C@@]2(C)CC[C@@H]1C. The molecule has 3 heteroatoms. The van der Waals surface area contributed by atoms with Crippen LogP contribution in [-0.2, 0) is 4.79 Å². The molecule has 0 radical (unpaired) electrons. The molecule has 1 saturated carbocycles. The van der Waals surface area contributed by atoms with Crippen molar-refractivity contribution in [3.05, 3.63) is 23.5 Å². The van der Waals surface area contributed by atoms with Crippen molar-refractivity contribution in [1.82, 2.24) is 0 Å². The van der Waals surface area contributed by atoms with Crippen LogP contribution in [0.3, 0.4) is 0 Å². The number of fused-ring (bicyclic) bond motifs is 1. The van der Waals surface area contributed by atoms with Gasteiger partial charge in [-0.25, -0.2) is 4.79 Å². The molecule has 3 nitrogen and oxygen atoms in total. The summed E-state index contributed by atoms with van der Waals surface area (Å²) in [7, 11) is 0. The van der Waals surface area contributed by atoms with Gasteiger partial charge in [0.1, 0.15) is 5.76 Å². The van der Waals surface area contributed by atoms with Gasteiger partial charge in [-0.2, -0.15) is 0 Å². The molecule has 0 heterocycles. The summed E-state index contributed by atoms with van der Waals surface area (Å²) in [5, 5.41) is 18.9. The van der Waals surface area contributed by atoms with E-state index in [0.29, 0.717) is 18.8 Å². The summed E-state index contributed by atoms with van der Waals surface area (Å²) in [6.45, 7) is 8.44. The number of hydrogen-bond acceptors (Lipinski definition) is 2. The fourth-order valence-corrected chi connectivity index (χ4v) is 3.31. The zero-order valence-electron chi connectivity index (χ0n) is 10.5. The highest BCUT2D eigenvalue weighted by Crippen LogP contribution is 2.54. The molecule has 2 rings (SSSR count). The average Bonchev–Trinajstić information content (AvgIpc) is 2.26. The molecule has 0 amide bonds. The van der Waals surface area contributed by atoms with Crippen LogP contribution >= 0.6 is 0 Å². The first-order chi connectivity index (χ1) is 7.85. The maximum Gasteiger partial charge on any atom is 0.334 e. The van der Waals surface area contributed by atoms with Crippen LogP contribution in [-0.4, -0.2) is 16.2 Å². The number of allylic oxidation sites excluding steroid dienone is 2. The van der Waals surface area contributed by atoms with Crippen molar-refractivity contribution < 1.29 is 15.0 Å². The molecule has 2 aliphatic rings. The van der Waals surface area contributed by atoms with E-state index in [1.165, 1.54) is 5.57 Å². The standard InChI is InChI=1S/C14H20O3/c1-8-4-5-14(3)7-10(13(16)17)12(15)6-11(14)9(8)2/h8,11,15H,2,4-7H2,1,3H3,(H,16,17)/t8-,11?,14+/m0/s1. The molecule has 0 aliphatic heterocycles. The van der Waals surface area contributed by atoms with Gasteiger partial charge < -0.3 is 10.2 Å². The largest absolute Gasteiger partial charge is 0.512 e. The topological polar surface area (TPSA) is 57.5 Å². The summed E-state index contributed by atoms with van der Waals surface area (Å²) in [5.74, 6) is -0.219. The van der Waals surface area contributed by atoms with E-state index in [1.54, 1.807) is 0 Å². The molecule has 0 spiro atoms. The first-order valence-electron chi connectivity index (χ1n) is 6.18. The summed E-state index contributed by atoms with van der Waals surface area (Å²) in [6.07, 6.45) is 2.99. The summed E-state index contributed by atoms with van der Waals surface area (Å²) in [5.41, 5.74) is 1.34. The van der Waals surface area contributed by atoms with Crippen molar-refractivity contribution >= 4 is 5.97 Å². The predicted octanol–water partition coefficient (Wildman–Crippen LogP) is 3.29. The van der Waals surface area contributed by atoms with E-state index in [2.05, 4.69) is 20.4 Å². The van der Waals surface area contributed by atoms with E-state index in [1.807, 2.05) is 0 Å². The van der Waals surface area contributed by atoms with E-state index in [9.17, 15) is 9.90 Å². The maximum absolute atomic E-state index is 11.1. The third-order valence-corrected chi connectivity index (χ3v) is 4.65. The minimum absolute atomic E-state index is 0.0381. The number of aliphatic hydroxyl groups excluding tert-OH is 1. The molecule has 0 aromatic heterocycles. The molecule has 1 unspecified atom stereocenters. The lowest BCUT2D eigenvalue weighted by Gasteiger charge is -2.48. The van der Waals surface area contributed by atoms with Gasteiger partial charge in [0, 0.05) is 6.42 Å². The van der Waals surface area contributed by atoms with Gasteiger partial charge in [0.05, 0.1) is 5.57 Å². The molecule has 0 saturated heterocycles. The Morgan fingerprint density at radius 3 is 2.76 bits per heavy atom. The van der Waals surface area contributed by atoms with Crippen molar-refractivity contribution in [2.24, 2.45) is 17.3 Å². The maximum atomic E-state index is 11.1. The van der Waals surface area contributed by atoms with Crippen molar-refractivity contribution in [3.63, 3.8) is 0 Å². The summed E-state index contributed by atoms with van der Waals surface area (Å²) >= 11 is 0. The minimum Gasteiger partial charge on any atom is -0.512 e. The molecule has 17 heavy (non-hydrogen) atoms. The molecule has 2 aliphatic carbocycles. The van der Waals surface area contributed by atoms with E-state index >= 15 is 0 Å². The fraction of sp³-hybridized carbons (Fsp3) is 0.643. The smallest absolute Gasteiger partial charge is 0.334 e. The molecule has 1 fully saturated rings. The highest BCUT2D eigenvalue weighted by atomic mass is 16.4. The summed E-state index contributed by atoms with van der Waals surface area (Å²) < 4.78 is 0. The third-order valence-electron chi connectivity index (χ3n) is 4.65. The van der Waals surface area contributed by atoms with Crippen LogP contribution in [0.25, 0.3) is 0 Å². The van der Waals surface area contributed by atoms with Gasteiger partial charge in [0.2, 0.25) is 0 Å². The lowest BCUT2D eigenvalue weighted by atomic mass is 9.57. The van der Waals surface area contributed by atoms with Crippen LogP contribution in [0.1, 0.15) is 39.5 Å². The van der Waals surface area contributed by atoms with Crippen molar-refractivity contribution in [2.45, 2.75) is 39.5 Å². The second-order valence-corrected chi connectivity index (χ2v) is 5.83.